The average molecular weight is 349 g/mol. The molecule has 3 rings (SSSR count). The second-order valence-electron chi connectivity index (χ2n) is 4.87. The van der Waals surface area contributed by atoms with Gasteiger partial charge in [-0.25, -0.2) is 0 Å². The Kier molecular flexibility index (Phi) is 5.42. The maximum absolute atomic E-state index is 11.0. The zero-order valence-electron chi connectivity index (χ0n) is 12.0. The molecule has 0 aliphatic heterocycles. The van der Waals surface area contributed by atoms with Crippen LogP contribution >= 0.6 is 24.0 Å². The predicted octanol–water partition coefficient (Wildman–Crippen LogP) is 4.68. The monoisotopic (exact) mass is 348 g/mol. The summed E-state index contributed by atoms with van der Waals surface area (Å²) in [5, 5.41) is 13.9. The van der Waals surface area contributed by atoms with Crippen LogP contribution in [-0.2, 0) is 11.2 Å². The standard InChI is InChI=1S/C17H13ClN2O2.ClH/c18-12-5-6-13-15(7-8-19-16(13)10-12)20-14-4-2-1-3-11(14)9-17(21)22;/h1-8,10H,9H2,(H,19,20)(H,21,22);1H. The fraction of sp³-hybridized carbons (Fsp3) is 0.0588. The van der Waals surface area contributed by atoms with Crippen molar-refractivity contribution >= 4 is 52.3 Å². The van der Waals surface area contributed by atoms with Gasteiger partial charge in [0, 0.05) is 28.0 Å². The number of hydrogen-bond donors (Lipinski definition) is 2. The molecule has 0 saturated heterocycles. The van der Waals surface area contributed by atoms with E-state index in [0.717, 1.165) is 27.8 Å². The first kappa shape index (κ1) is 17.1. The zero-order chi connectivity index (χ0) is 15.5. The number of fused-ring (bicyclic) bond motifs is 1. The van der Waals surface area contributed by atoms with Gasteiger partial charge >= 0.3 is 5.97 Å². The van der Waals surface area contributed by atoms with Gasteiger partial charge in [0.15, 0.2) is 0 Å². The molecule has 0 bridgehead atoms. The van der Waals surface area contributed by atoms with Gasteiger partial charge < -0.3 is 10.4 Å². The number of rotatable bonds is 4. The van der Waals surface area contributed by atoms with Crippen LogP contribution < -0.4 is 5.32 Å². The van der Waals surface area contributed by atoms with E-state index < -0.39 is 5.97 Å². The van der Waals surface area contributed by atoms with E-state index in [1.165, 1.54) is 0 Å². The third-order valence-corrected chi connectivity index (χ3v) is 3.57. The molecule has 1 heterocycles. The number of pyridine rings is 1. The highest BCUT2D eigenvalue weighted by atomic mass is 35.5. The summed E-state index contributed by atoms with van der Waals surface area (Å²) in [5.41, 5.74) is 3.15. The number of nitrogens with zero attached hydrogens (tertiary/aromatic N) is 1. The van der Waals surface area contributed by atoms with Crippen molar-refractivity contribution in [2.24, 2.45) is 0 Å². The molecule has 0 saturated carbocycles. The Hall–Kier alpha value is -2.30. The van der Waals surface area contributed by atoms with Gasteiger partial charge in [0.05, 0.1) is 11.9 Å². The number of carboxylic acid groups (broad SMARTS) is 1. The molecular weight excluding hydrogens is 335 g/mol. The van der Waals surface area contributed by atoms with Crippen LogP contribution in [0.4, 0.5) is 11.4 Å². The maximum atomic E-state index is 11.0. The Balaban J connectivity index is 0.00000192. The minimum Gasteiger partial charge on any atom is -0.481 e. The highest BCUT2D eigenvalue weighted by Gasteiger charge is 2.08. The average Bonchev–Trinajstić information content (AvgIpc) is 2.48. The second kappa shape index (κ2) is 7.31. The molecule has 0 aliphatic carbocycles. The van der Waals surface area contributed by atoms with E-state index in [9.17, 15) is 4.79 Å². The lowest BCUT2D eigenvalue weighted by Crippen LogP contribution is -2.03. The van der Waals surface area contributed by atoms with Gasteiger partial charge in [0.1, 0.15) is 0 Å². The first-order chi connectivity index (χ1) is 10.6. The lowest BCUT2D eigenvalue weighted by atomic mass is 10.1. The Morgan fingerprint density at radius 1 is 1.13 bits per heavy atom. The van der Waals surface area contributed by atoms with Crippen LogP contribution in [0.5, 0.6) is 0 Å². The van der Waals surface area contributed by atoms with E-state index in [1.807, 2.05) is 30.3 Å². The molecule has 0 atom stereocenters. The number of anilines is 2. The van der Waals surface area contributed by atoms with E-state index in [4.69, 9.17) is 16.7 Å². The Morgan fingerprint density at radius 3 is 2.70 bits per heavy atom. The molecule has 2 N–H and O–H groups in total. The summed E-state index contributed by atoms with van der Waals surface area (Å²) in [6.45, 7) is 0. The minimum atomic E-state index is -0.861. The van der Waals surface area contributed by atoms with E-state index in [1.54, 1.807) is 24.4 Å². The Morgan fingerprint density at radius 2 is 1.91 bits per heavy atom. The van der Waals surface area contributed by atoms with Crippen LogP contribution in [0.15, 0.2) is 54.7 Å². The maximum Gasteiger partial charge on any atom is 0.307 e. The normalized spacial score (nSPS) is 10.1. The molecule has 0 fully saturated rings. The summed E-state index contributed by atoms with van der Waals surface area (Å²) < 4.78 is 0. The van der Waals surface area contributed by atoms with Gasteiger partial charge in [0.2, 0.25) is 0 Å². The van der Waals surface area contributed by atoms with Crippen LogP contribution in [0.25, 0.3) is 10.9 Å². The molecule has 0 radical (unpaired) electrons. The number of hydrogen-bond acceptors (Lipinski definition) is 3. The van der Waals surface area contributed by atoms with Crippen LogP contribution in [0.1, 0.15) is 5.56 Å². The van der Waals surface area contributed by atoms with Gasteiger partial charge in [-0.1, -0.05) is 29.8 Å². The smallest absolute Gasteiger partial charge is 0.307 e. The van der Waals surface area contributed by atoms with Gasteiger partial charge in [-0.3, -0.25) is 9.78 Å². The van der Waals surface area contributed by atoms with Crippen LogP contribution in [-0.4, -0.2) is 16.1 Å². The van der Waals surface area contributed by atoms with Gasteiger partial charge in [-0.15, -0.1) is 12.4 Å². The quantitative estimate of drug-likeness (QED) is 0.718. The molecule has 0 unspecified atom stereocenters. The number of aliphatic carboxylic acids is 1. The van der Waals surface area contributed by atoms with Crippen molar-refractivity contribution in [2.45, 2.75) is 6.42 Å². The van der Waals surface area contributed by atoms with Crippen LogP contribution in [0, 0.1) is 0 Å². The highest BCUT2D eigenvalue weighted by Crippen LogP contribution is 2.28. The fourth-order valence-electron chi connectivity index (χ4n) is 2.33. The topological polar surface area (TPSA) is 62.2 Å². The third-order valence-electron chi connectivity index (χ3n) is 3.33. The molecule has 0 spiro atoms. The van der Waals surface area contributed by atoms with Crippen molar-refractivity contribution in [1.82, 2.24) is 4.98 Å². The number of nitrogens with one attached hydrogen (secondary N) is 1. The summed E-state index contributed by atoms with van der Waals surface area (Å²) in [6.07, 6.45) is 1.67. The highest BCUT2D eigenvalue weighted by molar-refractivity contribution is 6.31. The Bertz CT molecular complexity index is 853. The van der Waals surface area contributed by atoms with E-state index in [2.05, 4.69) is 10.3 Å². The first-order valence-corrected chi connectivity index (χ1v) is 7.12. The molecule has 1 aromatic heterocycles. The first-order valence-electron chi connectivity index (χ1n) is 6.74. The number of benzene rings is 2. The minimum absolute atomic E-state index is 0. The molecule has 23 heavy (non-hydrogen) atoms. The SMILES string of the molecule is Cl.O=C(O)Cc1ccccc1Nc1ccnc2cc(Cl)ccc12. The summed E-state index contributed by atoms with van der Waals surface area (Å²) in [7, 11) is 0. The number of carboxylic acids is 1. The summed E-state index contributed by atoms with van der Waals surface area (Å²) >= 11 is 5.99. The van der Waals surface area contributed by atoms with Crippen molar-refractivity contribution in [2.75, 3.05) is 5.32 Å². The predicted molar refractivity (Wildman–Crippen MR) is 95.1 cm³/mol. The molecule has 6 heteroatoms. The van der Waals surface area contributed by atoms with E-state index >= 15 is 0 Å². The molecule has 2 aromatic carbocycles. The largest absolute Gasteiger partial charge is 0.481 e. The summed E-state index contributed by atoms with van der Waals surface area (Å²) in [6, 6.07) is 14.7. The fourth-order valence-corrected chi connectivity index (χ4v) is 2.50. The molecular formula is C17H14Cl2N2O2. The molecule has 0 amide bonds. The number of para-hydroxylation sites is 1. The number of carbonyl (C=O) groups is 1. The van der Waals surface area contributed by atoms with Gasteiger partial charge in [-0.2, -0.15) is 0 Å². The molecule has 4 nitrogen and oxygen atoms in total. The van der Waals surface area contributed by atoms with Crippen molar-refractivity contribution in [3.8, 4) is 0 Å². The van der Waals surface area contributed by atoms with Crippen LogP contribution in [0.2, 0.25) is 5.02 Å². The molecule has 3 aromatic rings. The molecule has 118 valence electrons. The second-order valence-corrected chi connectivity index (χ2v) is 5.31. The molecule has 0 aliphatic rings. The van der Waals surface area contributed by atoms with Crippen LogP contribution in [0.3, 0.4) is 0 Å². The lowest BCUT2D eigenvalue weighted by molar-refractivity contribution is -0.136. The number of halogens is 2. The van der Waals surface area contributed by atoms with Crippen molar-refractivity contribution < 1.29 is 9.90 Å². The number of aromatic nitrogens is 1. The van der Waals surface area contributed by atoms with Gasteiger partial charge in [0.25, 0.3) is 0 Å². The lowest BCUT2D eigenvalue weighted by Gasteiger charge is -2.13. The van der Waals surface area contributed by atoms with E-state index in [-0.39, 0.29) is 18.8 Å². The summed E-state index contributed by atoms with van der Waals surface area (Å²) in [4.78, 5) is 15.3. The van der Waals surface area contributed by atoms with E-state index in [0.29, 0.717) is 5.02 Å². The third kappa shape index (κ3) is 3.92. The zero-order valence-corrected chi connectivity index (χ0v) is 13.6. The Labute approximate surface area is 144 Å². The van der Waals surface area contributed by atoms with Crippen molar-refractivity contribution in [1.29, 1.82) is 0 Å². The summed E-state index contributed by atoms with van der Waals surface area (Å²) in [5.74, 6) is -0.861. The van der Waals surface area contributed by atoms with Crippen molar-refractivity contribution in [3.05, 3.63) is 65.3 Å². The van der Waals surface area contributed by atoms with Crippen molar-refractivity contribution in [3.63, 3.8) is 0 Å². The van der Waals surface area contributed by atoms with Gasteiger partial charge in [-0.05, 0) is 35.9 Å².